The number of fused-ring (bicyclic) bond motifs is 2. The van der Waals surface area contributed by atoms with E-state index >= 15 is 0 Å². The zero-order chi connectivity index (χ0) is 18.1. The average Bonchev–Trinajstić information content (AvgIpc) is 3.17. The zero-order valence-corrected chi connectivity index (χ0v) is 15.2. The van der Waals surface area contributed by atoms with Gasteiger partial charge >= 0.3 is 5.97 Å². The van der Waals surface area contributed by atoms with Crippen LogP contribution in [0, 0.1) is 11.8 Å². The van der Waals surface area contributed by atoms with Gasteiger partial charge in [-0.2, -0.15) is 0 Å². The summed E-state index contributed by atoms with van der Waals surface area (Å²) in [4.78, 5) is 21.3. The first kappa shape index (κ1) is 20.1. The maximum absolute atomic E-state index is 10.5. The summed E-state index contributed by atoms with van der Waals surface area (Å²) in [5.74, 6) is -0.0912. The molecule has 5 atom stereocenters. The van der Waals surface area contributed by atoms with Crippen molar-refractivity contribution < 1.29 is 24.8 Å². The fraction of sp³-hybridized carbons (Fsp3) is 0.750. The van der Waals surface area contributed by atoms with Gasteiger partial charge in [-0.1, -0.05) is 50.5 Å². The summed E-state index contributed by atoms with van der Waals surface area (Å²) in [6.07, 6.45) is 15.8. The number of allylic oxidation sites excluding steroid dienone is 2. The molecule has 0 aromatic carbocycles. The summed E-state index contributed by atoms with van der Waals surface area (Å²) < 4.78 is 0. The van der Waals surface area contributed by atoms with E-state index in [9.17, 15) is 9.90 Å². The SMILES string of the molecule is CCCCC[C@@H](O)/C=C/[C@@H]1[C@@H](C/C=C\CCCC(=O)O)[C@@H]2C[C@@H]1OO2. The van der Waals surface area contributed by atoms with E-state index in [0.29, 0.717) is 12.3 Å². The third-order valence-electron chi connectivity index (χ3n) is 5.16. The molecule has 0 amide bonds. The molecule has 2 fully saturated rings. The third kappa shape index (κ3) is 6.57. The minimum absolute atomic E-state index is 0.0921. The van der Waals surface area contributed by atoms with Crippen LogP contribution in [0.5, 0.6) is 0 Å². The second-order valence-electron chi connectivity index (χ2n) is 7.19. The Morgan fingerprint density at radius 3 is 2.76 bits per heavy atom. The molecule has 2 aliphatic rings. The smallest absolute Gasteiger partial charge is 0.303 e. The fourth-order valence-corrected chi connectivity index (χ4v) is 3.72. The number of carboxylic acid groups (broad SMARTS) is 1. The Morgan fingerprint density at radius 2 is 2.00 bits per heavy atom. The Kier molecular flexibility index (Phi) is 8.65. The van der Waals surface area contributed by atoms with Gasteiger partial charge in [0.2, 0.25) is 0 Å². The van der Waals surface area contributed by atoms with Crippen LogP contribution in [-0.2, 0) is 14.6 Å². The Labute approximate surface area is 150 Å². The minimum atomic E-state index is -0.741. The summed E-state index contributed by atoms with van der Waals surface area (Å²) >= 11 is 0. The lowest BCUT2D eigenvalue weighted by molar-refractivity contribution is -0.336. The molecule has 1 aliphatic heterocycles. The van der Waals surface area contributed by atoms with Crippen LogP contribution < -0.4 is 0 Å². The standard InChI is InChI=1S/C20H32O5/c1-2-3-6-9-15(21)12-13-17-16(18-14-19(17)25-24-18)10-7-4-5-8-11-20(22)23/h4,7,12-13,15-19,21H,2-3,5-6,8-11,14H2,1H3,(H,22,23)/b7-4-,13-12+/t15-,16-,17-,18+,19+/m1/s1. The summed E-state index contributed by atoms with van der Waals surface area (Å²) in [5.41, 5.74) is 0. The van der Waals surface area contributed by atoms with Crippen LogP contribution in [0.2, 0.25) is 0 Å². The highest BCUT2D eigenvalue weighted by Crippen LogP contribution is 2.44. The van der Waals surface area contributed by atoms with Crippen molar-refractivity contribution in [1.29, 1.82) is 0 Å². The first-order valence-electron chi connectivity index (χ1n) is 9.67. The predicted octanol–water partition coefficient (Wildman–Crippen LogP) is 4.02. The minimum Gasteiger partial charge on any atom is -0.481 e. The number of aliphatic hydroxyl groups excluding tert-OH is 1. The molecule has 1 aliphatic carbocycles. The van der Waals surface area contributed by atoms with Gasteiger partial charge in [-0.25, -0.2) is 9.78 Å². The molecule has 0 aromatic heterocycles. The van der Waals surface area contributed by atoms with Crippen molar-refractivity contribution >= 4 is 5.97 Å². The van der Waals surface area contributed by atoms with Crippen LogP contribution in [0.1, 0.15) is 64.7 Å². The Bertz CT molecular complexity index is 459. The van der Waals surface area contributed by atoms with Crippen molar-refractivity contribution in [1.82, 2.24) is 0 Å². The van der Waals surface area contributed by atoms with Crippen LogP contribution in [-0.4, -0.2) is 34.5 Å². The van der Waals surface area contributed by atoms with E-state index < -0.39 is 5.97 Å². The van der Waals surface area contributed by atoms with Gasteiger partial charge in [0.1, 0.15) is 6.10 Å². The highest BCUT2D eigenvalue weighted by molar-refractivity contribution is 5.66. The lowest BCUT2D eigenvalue weighted by atomic mass is 9.89. The average molecular weight is 352 g/mol. The van der Waals surface area contributed by atoms with Crippen molar-refractivity contribution in [2.45, 2.75) is 83.0 Å². The fourth-order valence-electron chi connectivity index (χ4n) is 3.72. The highest BCUT2D eigenvalue weighted by atomic mass is 17.2. The van der Waals surface area contributed by atoms with E-state index in [1.807, 2.05) is 6.08 Å². The number of carbonyl (C=O) groups is 1. The van der Waals surface area contributed by atoms with Crippen molar-refractivity contribution in [3.05, 3.63) is 24.3 Å². The van der Waals surface area contributed by atoms with Gasteiger partial charge in [0.25, 0.3) is 0 Å². The summed E-state index contributed by atoms with van der Waals surface area (Å²) in [5, 5.41) is 18.7. The molecular weight excluding hydrogens is 320 g/mol. The summed E-state index contributed by atoms with van der Waals surface area (Å²) in [6, 6.07) is 0. The van der Waals surface area contributed by atoms with Crippen molar-refractivity contribution in [2.75, 3.05) is 0 Å². The second kappa shape index (κ2) is 10.7. The number of hydrogen-bond donors (Lipinski definition) is 2. The molecule has 0 radical (unpaired) electrons. The molecule has 0 unspecified atom stereocenters. The molecule has 2 rings (SSSR count). The van der Waals surface area contributed by atoms with Gasteiger partial charge in [-0.05, 0) is 25.7 Å². The number of aliphatic carboxylic acids is 1. The van der Waals surface area contributed by atoms with E-state index in [0.717, 1.165) is 44.9 Å². The monoisotopic (exact) mass is 352 g/mol. The van der Waals surface area contributed by atoms with Crippen LogP contribution in [0.3, 0.4) is 0 Å². The summed E-state index contributed by atoms with van der Waals surface area (Å²) in [7, 11) is 0. The molecule has 5 nitrogen and oxygen atoms in total. The van der Waals surface area contributed by atoms with Gasteiger partial charge in [-0.15, -0.1) is 0 Å². The van der Waals surface area contributed by atoms with Crippen LogP contribution >= 0.6 is 0 Å². The quantitative estimate of drug-likeness (QED) is 0.315. The van der Waals surface area contributed by atoms with E-state index in [1.54, 1.807) is 0 Å². The van der Waals surface area contributed by atoms with Gasteiger partial charge in [0.15, 0.2) is 0 Å². The number of carboxylic acids is 1. The number of aliphatic hydroxyl groups is 1. The predicted molar refractivity (Wildman–Crippen MR) is 95.9 cm³/mol. The Morgan fingerprint density at radius 1 is 1.20 bits per heavy atom. The molecule has 1 saturated carbocycles. The largest absolute Gasteiger partial charge is 0.481 e. The van der Waals surface area contributed by atoms with Gasteiger partial charge < -0.3 is 10.2 Å². The maximum atomic E-state index is 10.5. The van der Waals surface area contributed by atoms with Crippen LogP contribution in [0.4, 0.5) is 0 Å². The molecule has 5 heteroatoms. The molecule has 142 valence electrons. The van der Waals surface area contributed by atoms with E-state index in [1.165, 1.54) is 0 Å². The van der Waals surface area contributed by atoms with E-state index in [-0.39, 0.29) is 30.7 Å². The normalized spacial score (nSPS) is 29.8. The molecule has 0 aromatic rings. The van der Waals surface area contributed by atoms with Crippen molar-refractivity contribution in [3.8, 4) is 0 Å². The lowest BCUT2D eigenvalue weighted by Gasteiger charge is -2.27. The van der Waals surface area contributed by atoms with Crippen molar-refractivity contribution in [2.24, 2.45) is 11.8 Å². The van der Waals surface area contributed by atoms with Crippen molar-refractivity contribution in [3.63, 3.8) is 0 Å². The third-order valence-corrected chi connectivity index (χ3v) is 5.16. The van der Waals surface area contributed by atoms with Gasteiger partial charge in [0.05, 0.1) is 12.2 Å². The number of rotatable bonds is 12. The molecular formula is C20H32O5. The summed E-state index contributed by atoms with van der Waals surface area (Å²) in [6.45, 7) is 2.16. The molecule has 1 saturated heterocycles. The lowest BCUT2D eigenvalue weighted by Crippen LogP contribution is -2.28. The van der Waals surface area contributed by atoms with E-state index in [4.69, 9.17) is 14.9 Å². The topological polar surface area (TPSA) is 76.0 Å². The van der Waals surface area contributed by atoms with Gasteiger partial charge in [0, 0.05) is 24.7 Å². The van der Waals surface area contributed by atoms with Gasteiger partial charge in [-0.3, -0.25) is 4.79 Å². The number of unbranched alkanes of at least 4 members (excludes halogenated alkanes) is 3. The van der Waals surface area contributed by atoms with Crippen LogP contribution in [0.15, 0.2) is 24.3 Å². The first-order valence-corrected chi connectivity index (χ1v) is 9.67. The zero-order valence-electron chi connectivity index (χ0n) is 15.2. The Balaban J connectivity index is 1.78. The molecule has 25 heavy (non-hydrogen) atoms. The Hall–Kier alpha value is -1.17. The number of hydrogen-bond acceptors (Lipinski definition) is 4. The molecule has 2 N–H and O–H groups in total. The highest BCUT2D eigenvalue weighted by Gasteiger charge is 2.49. The second-order valence-corrected chi connectivity index (χ2v) is 7.19. The molecule has 0 spiro atoms. The molecule has 1 heterocycles. The first-order chi connectivity index (χ1) is 12.1. The maximum Gasteiger partial charge on any atom is 0.303 e. The van der Waals surface area contributed by atoms with E-state index in [2.05, 4.69) is 25.2 Å². The van der Waals surface area contributed by atoms with Crippen LogP contribution in [0.25, 0.3) is 0 Å². The molecule has 2 bridgehead atoms.